The van der Waals surface area contributed by atoms with Crippen molar-refractivity contribution in [3.63, 3.8) is 0 Å². The zero-order valence-corrected chi connectivity index (χ0v) is 13.6. The van der Waals surface area contributed by atoms with Gasteiger partial charge in [-0.15, -0.1) is 0 Å². The number of hydrazine groups is 1. The highest BCUT2D eigenvalue weighted by Crippen LogP contribution is 2.46. The highest BCUT2D eigenvalue weighted by atomic mass is 15.4. The Morgan fingerprint density at radius 2 is 1.59 bits per heavy atom. The molecule has 1 aliphatic heterocycles. The minimum absolute atomic E-state index is 0.198. The molecule has 2 nitrogen and oxygen atoms in total. The van der Waals surface area contributed by atoms with Gasteiger partial charge in [0.15, 0.2) is 0 Å². The second kappa shape index (κ2) is 6.23. The van der Waals surface area contributed by atoms with Crippen LogP contribution in [0.2, 0.25) is 0 Å². The predicted molar refractivity (Wildman–Crippen MR) is 92.2 cm³/mol. The summed E-state index contributed by atoms with van der Waals surface area (Å²) in [5, 5.41) is 2.12. The second-order valence-electron chi connectivity index (χ2n) is 7.13. The van der Waals surface area contributed by atoms with Crippen LogP contribution in [0.4, 0.5) is 0 Å². The first-order valence-corrected chi connectivity index (χ1v) is 8.20. The van der Waals surface area contributed by atoms with E-state index < -0.39 is 0 Å². The summed E-state index contributed by atoms with van der Waals surface area (Å²) in [6.07, 6.45) is 3.39. The van der Waals surface area contributed by atoms with Gasteiger partial charge in [0, 0.05) is 6.04 Å². The van der Waals surface area contributed by atoms with Crippen LogP contribution in [-0.2, 0) is 6.42 Å². The van der Waals surface area contributed by atoms with E-state index in [9.17, 15) is 0 Å². The third-order valence-corrected chi connectivity index (χ3v) is 5.01. The van der Waals surface area contributed by atoms with Gasteiger partial charge in [-0.3, -0.25) is 5.84 Å². The third kappa shape index (κ3) is 3.08. The summed E-state index contributed by atoms with van der Waals surface area (Å²) in [5.41, 5.74) is 2.89. The highest BCUT2D eigenvalue weighted by molar-refractivity contribution is 5.23. The molecule has 0 aromatic heterocycles. The van der Waals surface area contributed by atoms with Gasteiger partial charge < -0.3 is 0 Å². The van der Waals surface area contributed by atoms with Crippen LogP contribution in [-0.4, -0.2) is 11.1 Å². The molecule has 1 saturated heterocycles. The maximum atomic E-state index is 6.61. The first-order valence-electron chi connectivity index (χ1n) is 8.20. The molecule has 0 spiro atoms. The molecule has 0 amide bonds. The summed E-state index contributed by atoms with van der Waals surface area (Å²) >= 11 is 0. The maximum absolute atomic E-state index is 6.61. The largest absolute Gasteiger partial charge is 0.268 e. The van der Waals surface area contributed by atoms with Gasteiger partial charge in [-0.2, -0.15) is 0 Å². The summed E-state index contributed by atoms with van der Waals surface area (Å²) in [6, 6.07) is 22.1. The van der Waals surface area contributed by atoms with Crippen LogP contribution in [0.15, 0.2) is 60.7 Å². The van der Waals surface area contributed by atoms with E-state index in [4.69, 9.17) is 5.84 Å². The Labute approximate surface area is 133 Å². The fourth-order valence-corrected chi connectivity index (χ4v) is 3.79. The summed E-state index contributed by atoms with van der Waals surface area (Å²) < 4.78 is 0. The van der Waals surface area contributed by atoms with Gasteiger partial charge in [-0.05, 0) is 35.8 Å². The van der Waals surface area contributed by atoms with Crippen LogP contribution in [0.5, 0.6) is 0 Å². The van der Waals surface area contributed by atoms with Crippen molar-refractivity contribution in [2.24, 2.45) is 11.3 Å². The van der Waals surface area contributed by atoms with Crippen LogP contribution in [0, 0.1) is 5.41 Å². The Kier molecular flexibility index (Phi) is 4.32. The molecule has 0 unspecified atom stereocenters. The molecule has 3 rings (SSSR count). The van der Waals surface area contributed by atoms with Crippen molar-refractivity contribution < 1.29 is 0 Å². The molecule has 0 radical (unpaired) electrons. The minimum Gasteiger partial charge on any atom is -0.268 e. The van der Waals surface area contributed by atoms with Crippen molar-refractivity contribution >= 4 is 0 Å². The van der Waals surface area contributed by atoms with Crippen molar-refractivity contribution in [3.8, 4) is 0 Å². The fourth-order valence-electron chi connectivity index (χ4n) is 3.79. The highest BCUT2D eigenvalue weighted by Gasteiger charge is 2.41. The van der Waals surface area contributed by atoms with Crippen molar-refractivity contribution in [3.05, 3.63) is 71.8 Å². The summed E-state index contributed by atoms with van der Waals surface area (Å²) in [6.45, 7) is 4.67. The average Bonchev–Trinajstić information content (AvgIpc) is 2.52. The van der Waals surface area contributed by atoms with E-state index in [0.29, 0.717) is 6.04 Å². The molecule has 2 heteroatoms. The van der Waals surface area contributed by atoms with Gasteiger partial charge in [0.05, 0.1) is 6.04 Å². The molecule has 2 atom stereocenters. The number of rotatable bonds is 3. The Morgan fingerprint density at radius 3 is 2.23 bits per heavy atom. The average molecular weight is 294 g/mol. The Bertz CT molecular complexity index is 592. The van der Waals surface area contributed by atoms with Gasteiger partial charge in [0.1, 0.15) is 0 Å². The van der Waals surface area contributed by atoms with E-state index in [1.54, 1.807) is 0 Å². The van der Waals surface area contributed by atoms with E-state index in [1.807, 2.05) is 0 Å². The smallest absolute Gasteiger partial charge is 0.0544 e. The number of benzene rings is 2. The topological polar surface area (TPSA) is 29.3 Å². The zero-order valence-electron chi connectivity index (χ0n) is 13.6. The Morgan fingerprint density at radius 1 is 1.00 bits per heavy atom. The van der Waals surface area contributed by atoms with Gasteiger partial charge in [-0.25, -0.2) is 5.01 Å². The molecular weight excluding hydrogens is 268 g/mol. The van der Waals surface area contributed by atoms with Crippen molar-refractivity contribution in [2.45, 2.75) is 45.2 Å². The van der Waals surface area contributed by atoms with Crippen LogP contribution in [0.25, 0.3) is 0 Å². The molecule has 2 N–H and O–H groups in total. The molecule has 2 aromatic carbocycles. The maximum Gasteiger partial charge on any atom is 0.0544 e. The van der Waals surface area contributed by atoms with E-state index in [-0.39, 0.29) is 11.5 Å². The lowest BCUT2D eigenvalue weighted by Gasteiger charge is -2.49. The van der Waals surface area contributed by atoms with Crippen molar-refractivity contribution in [1.29, 1.82) is 0 Å². The van der Waals surface area contributed by atoms with Crippen LogP contribution in [0.1, 0.15) is 43.9 Å². The van der Waals surface area contributed by atoms with Crippen LogP contribution in [0.3, 0.4) is 0 Å². The standard InChI is InChI=1S/C20H26N2/c1-20(2)14-13-18(15-16-9-5-3-6-10-16)22(21)19(20)17-11-7-4-8-12-17/h3-12,18-19H,13-15,21H2,1-2H3/t18-,19+/m0/s1. The number of nitrogens with zero attached hydrogens (tertiary/aromatic N) is 1. The molecular formula is C20H26N2. The predicted octanol–water partition coefficient (Wildman–Crippen LogP) is 4.33. The SMILES string of the molecule is CC1(C)CC[C@@H](Cc2ccccc2)N(N)[C@@H]1c1ccccc1. The lowest BCUT2D eigenvalue weighted by Crippen LogP contribution is -2.53. The van der Waals surface area contributed by atoms with Gasteiger partial charge in [0.2, 0.25) is 0 Å². The molecule has 0 saturated carbocycles. The lowest BCUT2D eigenvalue weighted by molar-refractivity contribution is -0.00877. The first-order chi connectivity index (χ1) is 10.6. The molecule has 1 aliphatic rings. The molecule has 1 heterocycles. The number of piperidine rings is 1. The lowest BCUT2D eigenvalue weighted by atomic mass is 9.71. The summed E-state index contributed by atoms with van der Waals surface area (Å²) in [4.78, 5) is 0. The van der Waals surface area contributed by atoms with Gasteiger partial charge >= 0.3 is 0 Å². The summed E-state index contributed by atoms with van der Waals surface area (Å²) in [5.74, 6) is 6.61. The van der Waals surface area contributed by atoms with Gasteiger partial charge in [-0.1, -0.05) is 74.5 Å². The van der Waals surface area contributed by atoms with E-state index >= 15 is 0 Å². The first kappa shape index (κ1) is 15.3. The molecule has 22 heavy (non-hydrogen) atoms. The van der Waals surface area contributed by atoms with E-state index in [1.165, 1.54) is 17.5 Å². The van der Waals surface area contributed by atoms with E-state index in [2.05, 4.69) is 79.5 Å². The Balaban J connectivity index is 1.84. The Hall–Kier alpha value is -1.64. The quantitative estimate of drug-likeness (QED) is 0.854. The number of hydrogen-bond donors (Lipinski definition) is 1. The molecule has 0 aliphatic carbocycles. The van der Waals surface area contributed by atoms with Crippen LogP contribution < -0.4 is 5.84 Å². The second-order valence-corrected chi connectivity index (χ2v) is 7.13. The van der Waals surface area contributed by atoms with Gasteiger partial charge in [0.25, 0.3) is 0 Å². The van der Waals surface area contributed by atoms with Crippen molar-refractivity contribution in [1.82, 2.24) is 5.01 Å². The summed E-state index contributed by atoms with van der Waals surface area (Å²) in [7, 11) is 0. The van der Waals surface area contributed by atoms with Crippen LogP contribution >= 0.6 is 0 Å². The monoisotopic (exact) mass is 294 g/mol. The number of nitrogens with two attached hydrogens (primary N) is 1. The number of hydrogen-bond acceptors (Lipinski definition) is 2. The minimum atomic E-state index is 0.198. The molecule has 1 fully saturated rings. The van der Waals surface area contributed by atoms with E-state index in [0.717, 1.165) is 12.8 Å². The zero-order chi connectivity index (χ0) is 15.6. The molecule has 0 bridgehead atoms. The normalized spacial score (nSPS) is 25.0. The molecule has 116 valence electrons. The third-order valence-electron chi connectivity index (χ3n) is 5.01. The van der Waals surface area contributed by atoms with Crippen molar-refractivity contribution in [2.75, 3.05) is 0 Å². The molecule has 2 aromatic rings. The fraction of sp³-hybridized carbons (Fsp3) is 0.400.